The van der Waals surface area contributed by atoms with Gasteiger partial charge in [0.1, 0.15) is 5.28 Å². The van der Waals surface area contributed by atoms with Gasteiger partial charge in [-0.2, -0.15) is 0 Å². The first kappa shape index (κ1) is 15.7. The Balaban J connectivity index is 2.87. The molecule has 0 spiro atoms. The minimum Gasteiger partial charge on any atom is -0.411 e. The van der Waals surface area contributed by atoms with Crippen LogP contribution in [0, 0.1) is 0 Å². The molecule has 0 amide bonds. The third-order valence-electron chi connectivity index (χ3n) is 2.79. The Morgan fingerprint density at radius 3 is 2.59 bits per heavy atom. The van der Waals surface area contributed by atoms with Gasteiger partial charge in [-0.25, -0.2) is 8.42 Å². The summed E-state index contributed by atoms with van der Waals surface area (Å²) < 4.78 is 23.2. The Morgan fingerprint density at radius 2 is 2.00 bits per heavy atom. The predicted octanol–water partition coefficient (Wildman–Crippen LogP) is 3.07. The molecule has 0 aliphatic heterocycles. The van der Waals surface area contributed by atoms with Crippen LogP contribution in [0.25, 0.3) is 20.9 Å². The van der Waals surface area contributed by atoms with Crippen LogP contribution in [0.3, 0.4) is 0 Å². The number of rotatable bonds is 4. The molecule has 1 aromatic rings. The van der Waals surface area contributed by atoms with Crippen molar-refractivity contribution in [2.24, 2.45) is 10.4 Å². The second-order valence-electron chi connectivity index (χ2n) is 3.96. The maximum atomic E-state index is 12.0. The lowest BCUT2D eigenvalue weighted by atomic mass is 9.89. The van der Waals surface area contributed by atoms with Gasteiger partial charge < -0.3 is 4.84 Å². The van der Waals surface area contributed by atoms with Crippen molar-refractivity contribution in [3.05, 3.63) is 62.4 Å². The van der Waals surface area contributed by atoms with Crippen LogP contribution < -0.4 is 0 Å². The number of fused-ring (bicyclic) bond motifs is 1. The van der Waals surface area contributed by atoms with E-state index in [9.17, 15) is 13.2 Å². The number of carbonyl (C=O) groups is 1. The molecule has 0 saturated heterocycles. The van der Waals surface area contributed by atoms with Crippen LogP contribution in [-0.2, 0) is 19.6 Å². The highest BCUT2D eigenvalue weighted by atomic mass is 35.7. The fourth-order valence-electron chi connectivity index (χ4n) is 1.98. The first-order valence-corrected chi connectivity index (χ1v) is 7.77. The molecule has 0 saturated carbocycles. The lowest BCUT2D eigenvalue weighted by Crippen LogP contribution is -2.29. The van der Waals surface area contributed by atoms with Crippen LogP contribution >= 0.6 is 10.7 Å². The highest BCUT2D eigenvalue weighted by Gasteiger charge is 2.40. The van der Waals surface area contributed by atoms with Gasteiger partial charge >= 0.3 is 0 Å². The monoisotopic (exact) mass is 340 g/mol. The highest BCUT2D eigenvalue weighted by molar-refractivity contribution is 8.13. The zero-order valence-corrected chi connectivity index (χ0v) is 12.1. The zero-order chi connectivity index (χ0) is 16.4. The molecular formula is C10H5ClN6O4S. The average molecular weight is 341 g/mol. The number of hydrogen-bond acceptors (Lipinski definition) is 6. The summed E-state index contributed by atoms with van der Waals surface area (Å²) >= 11 is 0. The number of ketones is 1. The minimum atomic E-state index is -4.24. The third kappa shape index (κ3) is 2.57. The van der Waals surface area contributed by atoms with Crippen molar-refractivity contribution in [3.63, 3.8) is 0 Å². The van der Waals surface area contributed by atoms with Crippen molar-refractivity contribution in [1.82, 2.24) is 0 Å². The van der Waals surface area contributed by atoms with E-state index in [2.05, 4.69) is 20.2 Å². The van der Waals surface area contributed by atoms with Crippen LogP contribution in [0.4, 0.5) is 0 Å². The van der Waals surface area contributed by atoms with Crippen molar-refractivity contribution in [2.75, 3.05) is 0 Å². The molecule has 0 fully saturated rings. The van der Waals surface area contributed by atoms with Crippen LogP contribution in [0.5, 0.6) is 0 Å². The summed E-state index contributed by atoms with van der Waals surface area (Å²) in [5.74, 6) is -0.678. The number of carbonyl (C=O) groups excluding carboxylic acids is 1. The van der Waals surface area contributed by atoms with E-state index in [4.69, 9.17) is 26.6 Å². The molecule has 112 valence electrons. The lowest BCUT2D eigenvalue weighted by molar-refractivity contribution is -0.00951. The van der Waals surface area contributed by atoms with Gasteiger partial charge in [-0.1, -0.05) is 12.1 Å². The molecule has 2 rings (SSSR count). The van der Waals surface area contributed by atoms with E-state index in [1.54, 1.807) is 0 Å². The van der Waals surface area contributed by atoms with Gasteiger partial charge in [0.25, 0.3) is 9.05 Å². The number of hydrogen-bond donors (Lipinski definition) is 0. The maximum absolute atomic E-state index is 12.0. The number of nitrogens with zero attached hydrogens (tertiary/aromatic N) is 6. The van der Waals surface area contributed by atoms with E-state index in [0.717, 1.165) is 18.2 Å². The number of azide groups is 2. The molecule has 22 heavy (non-hydrogen) atoms. The van der Waals surface area contributed by atoms with Crippen molar-refractivity contribution < 1.29 is 18.0 Å². The summed E-state index contributed by atoms with van der Waals surface area (Å²) in [5, 5.41) is 6.24. The van der Waals surface area contributed by atoms with Gasteiger partial charge in [-0.15, -0.1) is 0 Å². The van der Waals surface area contributed by atoms with Crippen molar-refractivity contribution in [2.45, 2.75) is 10.6 Å². The molecule has 1 unspecified atom stereocenters. The second-order valence-corrected chi connectivity index (χ2v) is 6.50. The van der Waals surface area contributed by atoms with Gasteiger partial charge in [-0.3, -0.25) is 4.79 Å². The summed E-state index contributed by atoms with van der Waals surface area (Å²) in [4.78, 5) is 21.3. The van der Waals surface area contributed by atoms with Gasteiger partial charge in [0.05, 0.1) is 4.90 Å². The minimum absolute atomic E-state index is 0.105. The third-order valence-corrected chi connectivity index (χ3v) is 4.16. The summed E-state index contributed by atoms with van der Waals surface area (Å²) in [6.07, 6.45) is 1.99. The fraction of sp³-hybridized carbons (Fsp3) is 0.100. The Labute approximate surface area is 127 Å². The molecule has 1 aromatic carbocycles. The van der Waals surface area contributed by atoms with Crippen molar-refractivity contribution >= 4 is 25.5 Å². The molecule has 12 heteroatoms. The Morgan fingerprint density at radius 1 is 1.27 bits per heavy atom. The maximum Gasteiger partial charge on any atom is 0.262 e. The summed E-state index contributed by atoms with van der Waals surface area (Å²) in [6.45, 7) is 0. The van der Waals surface area contributed by atoms with Gasteiger partial charge in [0.15, 0.2) is 5.78 Å². The Kier molecular flexibility index (Phi) is 3.98. The van der Waals surface area contributed by atoms with Crippen LogP contribution in [0.15, 0.2) is 45.6 Å². The quantitative estimate of drug-likeness (QED) is 0.271. The molecule has 0 radical (unpaired) electrons. The Bertz CT molecular complexity index is 885. The molecule has 0 heterocycles. The summed E-state index contributed by atoms with van der Waals surface area (Å²) in [6, 6.07) is 3.69. The second kappa shape index (κ2) is 5.58. The summed E-state index contributed by atoms with van der Waals surface area (Å²) in [5.41, 5.74) is 14.6. The zero-order valence-electron chi connectivity index (χ0n) is 10.5. The molecule has 1 aliphatic carbocycles. The molecule has 10 nitrogen and oxygen atoms in total. The smallest absolute Gasteiger partial charge is 0.262 e. The van der Waals surface area contributed by atoms with E-state index in [0.29, 0.717) is 0 Å². The average Bonchev–Trinajstić information content (AvgIpc) is 2.47. The van der Waals surface area contributed by atoms with Crippen molar-refractivity contribution in [1.29, 1.82) is 0 Å². The lowest BCUT2D eigenvalue weighted by Gasteiger charge is -2.28. The first-order chi connectivity index (χ1) is 10.4. The molecule has 0 aromatic heterocycles. The number of allylic oxidation sites excluding steroid dienone is 1. The van der Waals surface area contributed by atoms with Gasteiger partial charge in [0.2, 0.25) is 5.72 Å². The molecule has 1 aliphatic rings. The molecule has 1 atom stereocenters. The van der Waals surface area contributed by atoms with E-state index >= 15 is 0 Å². The topological polar surface area (TPSA) is 158 Å². The SMILES string of the molecule is [N-]=[N+]=NOC1(N=[N+]=[N-])C=CC(=O)c2c1cccc2S(=O)(=O)Cl. The first-order valence-electron chi connectivity index (χ1n) is 5.46. The van der Waals surface area contributed by atoms with Crippen LogP contribution in [0.2, 0.25) is 0 Å². The van der Waals surface area contributed by atoms with Crippen LogP contribution in [-0.4, -0.2) is 14.2 Å². The normalized spacial score (nSPS) is 19.6. The number of halogens is 1. The van der Waals surface area contributed by atoms with Gasteiger partial charge in [0, 0.05) is 31.6 Å². The van der Waals surface area contributed by atoms with E-state index in [1.807, 2.05) is 0 Å². The molecule has 0 bridgehead atoms. The van der Waals surface area contributed by atoms with Gasteiger partial charge in [-0.05, 0) is 34.4 Å². The Hall–Kier alpha value is -2.71. The van der Waals surface area contributed by atoms with E-state index in [-0.39, 0.29) is 11.1 Å². The fourth-order valence-corrected chi connectivity index (χ4v) is 3.06. The number of benzene rings is 1. The molecule has 0 N–H and O–H groups in total. The molecular weight excluding hydrogens is 336 g/mol. The van der Waals surface area contributed by atoms with Crippen molar-refractivity contribution in [3.8, 4) is 0 Å². The highest BCUT2D eigenvalue weighted by Crippen LogP contribution is 2.39. The van der Waals surface area contributed by atoms with E-state index in [1.165, 1.54) is 12.1 Å². The van der Waals surface area contributed by atoms with Crippen LogP contribution in [0.1, 0.15) is 15.9 Å². The largest absolute Gasteiger partial charge is 0.411 e. The van der Waals surface area contributed by atoms with E-state index < -0.39 is 25.5 Å². The standard InChI is InChI=1S/C10H5ClN6O4S/c11-22(19,20)8-3-1-2-6-9(8)7(18)4-5-10(6,14-15-12)21-17-16-13/h1-5H. The predicted molar refractivity (Wildman–Crippen MR) is 74.0 cm³/mol. The summed E-state index contributed by atoms with van der Waals surface area (Å²) in [7, 11) is 1.07.